The number of fused-ring (bicyclic) bond motifs is 1. The lowest BCUT2D eigenvalue weighted by Gasteiger charge is -2.04. The third-order valence-electron chi connectivity index (χ3n) is 3.87. The number of para-hydroxylation sites is 1. The van der Waals surface area contributed by atoms with Crippen molar-refractivity contribution in [2.24, 2.45) is 0 Å². The third kappa shape index (κ3) is 2.50. The van der Waals surface area contributed by atoms with E-state index in [0.717, 1.165) is 5.39 Å². The van der Waals surface area contributed by atoms with Crippen LogP contribution >= 0.6 is 0 Å². The van der Waals surface area contributed by atoms with Crippen molar-refractivity contribution in [3.8, 4) is 0 Å². The summed E-state index contributed by atoms with van der Waals surface area (Å²) in [6, 6.07) is 11.8. The number of carbonyl (C=O) groups is 1. The fourth-order valence-electron chi connectivity index (χ4n) is 2.74. The van der Waals surface area contributed by atoms with Gasteiger partial charge in [-0.15, -0.1) is 0 Å². The van der Waals surface area contributed by atoms with Gasteiger partial charge in [0.15, 0.2) is 5.78 Å². The highest BCUT2D eigenvalue weighted by Gasteiger charge is 2.22. The molecule has 3 rings (SSSR count). The molecule has 0 saturated carbocycles. The molecule has 0 unspecified atom stereocenters. The van der Waals surface area contributed by atoms with Crippen LogP contribution in [0.1, 0.15) is 34.2 Å². The molecule has 116 valence electrons. The predicted octanol–water partition coefficient (Wildman–Crippen LogP) is 4.44. The Labute approximate surface area is 132 Å². The van der Waals surface area contributed by atoms with Gasteiger partial charge in [0.1, 0.15) is 11.3 Å². The van der Waals surface area contributed by atoms with E-state index in [1.54, 1.807) is 13.0 Å². The maximum absolute atomic E-state index is 12.9. The summed E-state index contributed by atoms with van der Waals surface area (Å²) >= 11 is 0. The summed E-state index contributed by atoms with van der Waals surface area (Å²) in [6.45, 7) is 3.55. The highest BCUT2D eigenvalue weighted by atomic mass is 16.6. The second-order valence-corrected chi connectivity index (χ2v) is 5.34. The monoisotopic (exact) mass is 309 g/mol. The Morgan fingerprint density at radius 1 is 1.22 bits per heavy atom. The van der Waals surface area contributed by atoms with Crippen LogP contribution in [0.4, 0.5) is 5.69 Å². The molecule has 1 heterocycles. The number of hydrogen-bond acceptors (Lipinski definition) is 4. The van der Waals surface area contributed by atoms with Crippen LogP contribution in [0.25, 0.3) is 11.0 Å². The first-order chi connectivity index (χ1) is 11.0. The summed E-state index contributed by atoms with van der Waals surface area (Å²) in [4.78, 5) is 23.4. The Bertz CT molecular complexity index is 924. The molecule has 0 amide bonds. The zero-order chi connectivity index (χ0) is 16.6. The standard InChI is InChI=1S/C18H15NO4/c1-3-15-17(13-6-4-5-7-16(13)23-15)18(20)12-8-9-14(19(21)22)11(2)10-12/h4-10H,3H2,1-2H3. The van der Waals surface area contributed by atoms with E-state index in [0.29, 0.717) is 34.5 Å². The van der Waals surface area contributed by atoms with E-state index in [1.807, 2.05) is 31.2 Å². The molecule has 0 aliphatic heterocycles. The van der Waals surface area contributed by atoms with Crippen LogP contribution in [0.2, 0.25) is 0 Å². The molecule has 3 aromatic rings. The Morgan fingerprint density at radius 3 is 2.61 bits per heavy atom. The number of nitrogens with zero attached hydrogens (tertiary/aromatic N) is 1. The van der Waals surface area contributed by atoms with Gasteiger partial charge in [-0.25, -0.2) is 0 Å². The van der Waals surface area contributed by atoms with E-state index in [2.05, 4.69) is 0 Å². The minimum atomic E-state index is -0.450. The second kappa shape index (κ2) is 5.68. The van der Waals surface area contributed by atoms with Gasteiger partial charge < -0.3 is 4.42 Å². The van der Waals surface area contributed by atoms with E-state index in [9.17, 15) is 14.9 Å². The molecule has 5 nitrogen and oxygen atoms in total. The smallest absolute Gasteiger partial charge is 0.272 e. The lowest BCUT2D eigenvalue weighted by molar-refractivity contribution is -0.385. The summed E-state index contributed by atoms with van der Waals surface area (Å²) in [5.74, 6) is 0.456. The summed E-state index contributed by atoms with van der Waals surface area (Å²) in [6.07, 6.45) is 0.599. The Kier molecular flexibility index (Phi) is 3.70. The fraction of sp³-hybridized carbons (Fsp3) is 0.167. The van der Waals surface area contributed by atoms with Gasteiger partial charge in [0.05, 0.1) is 10.5 Å². The molecular formula is C18H15NO4. The normalized spacial score (nSPS) is 10.9. The largest absolute Gasteiger partial charge is 0.460 e. The van der Waals surface area contributed by atoms with Crippen LogP contribution in [0.15, 0.2) is 46.9 Å². The Balaban J connectivity index is 2.14. The highest BCUT2D eigenvalue weighted by Crippen LogP contribution is 2.29. The van der Waals surface area contributed by atoms with Gasteiger partial charge in [0.25, 0.3) is 5.69 Å². The number of hydrogen-bond donors (Lipinski definition) is 0. The van der Waals surface area contributed by atoms with Crippen LogP contribution in [0, 0.1) is 17.0 Å². The van der Waals surface area contributed by atoms with Crippen LogP contribution in [-0.2, 0) is 6.42 Å². The quantitative estimate of drug-likeness (QED) is 0.405. The predicted molar refractivity (Wildman–Crippen MR) is 86.9 cm³/mol. The van der Waals surface area contributed by atoms with Crippen molar-refractivity contribution in [1.82, 2.24) is 0 Å². The van der Waals surface area contributed by atoms with Gasteiger partial charge in [-0.3, -0.25) is 14.9 Å². The zero-order valence-corrected chi connectivity index (χ0v) is 12.8. The van der Waals surface area contributed by atoms with Crippen LogP contribution in [0.5, 0.6) is 0 Å². The topological polar surface area (TPSA) is 73.3 Å². The first-order valence-corrected chi connectivity index (χ1v) is 7.33. The van der Waals surface area contributed by atoms with E-state index in [-0.39, 0.29) is 11.5 Å². The lowest BCUT2D eigenvalue weighted by Crippen LogP contribution is -2.04. The fourth-order valence-corrected chi connectivity index (χ4v) is 2.74. The number of nitro groups is 1. The number of ketones is 1. The number of rotatable bonds is 4. The average molecular weight is 309 g/mol. The molecule has 0 spiro atoms. The van der Waals surface area contributed by atoms with Crippen LogP contribution in [-0.4, -0.2) is 10.7 Å². The van der Waals surface area contributed by atoms with Crippen LogP contribution < -0.4 is 0 Å². The number of benzene rings is 2. The number of furan rings is 1. The SMILES string of the molecule is CCc1oc2ccccc2c1C(=O)c1ccc([N+](=O)[O-])c(C)c1. The molecular weight excluding hydrogens is 294 g/mol. The molecule has 0 radical (unpaired) electrons. The van der Waals surface area contributed by atoms with Crippen molar-refractivity contribution in [1.29, 1.82) is 0 Å². The van der Waals surface area contributed by atoms with Crippen molar-refractivity contribution in [3.63, 3.8) is 0 Å². The molecule has 0 atom stereocenters. The van der Waals surface area contributed by atoms with Gasteiger partial charge in [-0.2, -0.15) is 0 Å². The zero-order valence-electron chi connectivity index (χ0n) is 12.8. The van der Waals surface area contributed by atoms with Gasteiger partial charge in [0, 0.05) is 29.0 Å². The molecule has 0 N–H and O–H groups in total. The number of carbonyl (C=O) groups excluding carboxylic acids is 1. The first kappa shape index (κ1) is 15.0. The van der Waals surface area contributed by atoms with Gasteiger partial charge in [0.2, 0.25) is 0 Å². The summed E-state index contributed by atoms with van der Waals surface area (Å²) in [7, 11) is 0. The first-order valence-electron chi connectivity index (χ1n) is 7.33. The molecule has 0 aliphatic rings. The number of nitro benzene ring substituents is 1. The van der Waals surface area contributed by atoms with E-state index in [4.69, 9.17) is 4.42 Å². The van der Waals surface area contributed by atoms with Crippen molar-refractivity contribution >= 4 is 22.4 Å². The lowest BCUT2D eigenvalue weighted by atomic mass is 9.98. The van der Waals surface area contributed by atoms with Crippen molar-refractivity contribution in [3.05, 3.63) is 75.0 Å². The molecule has 5 heteroatoms. The van der Waals surface area contributed by atoms with Crippen molar-refractivity contribution < 1.29 is 14.1 Å². The van der Waals surface area contributed by atoms with Gasteiger partial charge >= 0.3 is 0 Å². The van der Waals surface area contributed by atoms with Gasteiger partial charge in [-0.1, -0.05) is 25.1 Å². The van der Waals surface area contributed by atoms with Crippen molar-refractivity contribution in [2.45, 2.75) is 20.3 Å². The average Bonchev–Trinajstić information content (AvgIpc) is 2.92. The second-order valence-electron chi connectivity index (χ2n) is 5.34. The molecule has 0 aliphatic carbocycles. The molecule has 0 fully saturated rings. The summed E-state index contributed by atoms with van der Waals surface area (Å²) in [5, 5.41) is 11.7. The Hall–Kier alpha value is -2.95. The van der Waals surface area contributed by atoms with E-state index < -0.39 is 4.92 Å². The molecule has 0 saturated heterocycles. The van der Waals surface area contributed by atoms with E-state index in [1.165, 1.54) is 12.1 Å². The van der Waals surface area contributed by atoms with Crippen LogP contribution in [0.3, 0.4) is 0 Å². The molecule has 0 bridgehead atoms. The summed E-state index contributed by atoms with van der Waals surface area (Å²) < 4.78 is 5.75. The Morgan fingerprint density at radius 2 is 1.96 bits per heavy atom. The maximum atomic E-state index is 12.9. The minimum absolute atomic E-state index is 0.00863. The van der Waals surface area contributed by atoms with Gasteiger partial charge in [-0.05, 0) is 25.1 Å². The molecule has 1 aromatic heterocycles. The highest BCUT2D eigenvalue weighted by molar-refractivity contribution is 6.17. The summed E-state index contributed by atoms with van der Waals surface area (Å²) in [5.41, 5.74) is 2.11. The van der Waals surface area contributed by atoms with E-state index >= 15 is 0 Å². The molecule has 23 heavy (non-hydrogen) atoms. The third-order valence-corrected chi connectivity index (χ3v) is 3.87. The number of aryl methyl sites for hydroxylation is 2. The maximum Gasteiger partial charge on any atom is 0.272 e. The van der Waals surface area contributed by atoms with Crippen molar-refractivity contribution in [2.75, 3.05) is 0 Å². The minimum Gasteiger partial charge on any atom is -0.460 e. The molecule has 2 aromatic carbocycles.